The summed E-state index contributed by atoms with van der Waals surface area (Å²) in [6.45, 7) is 6.59. The van der Waals surface area contributed by atoms with E-state index in [1.807, 2.05) is 49.4 Å². The van der Waals surface area contributed by atoms with Gasteiger partial charge in [-0.3, -0.25) is 14.2 Å². The van der Waals surface area contributed by atoms with Crippen LogP contribution < -0.4 is 15.6 Å². The number of allylic oxidation sites excluding steroid dienone is 3. The number of benzene rings is 1. The molecule has 150 valence electrons. The molecule has 0 spiro atoms. The Labute approximate surface area is 174 Å². The van der Waals surface area contributed by atoms with E-state index in [1.54, 1.807) is 16.7 Å². The fourth-order valence-corrected chi connectivity index (χ4v) is 3.72. The number of hydrogen-bond donors (Lipinski definition) is 1. The number of hydrogen-bond acceptors (Lipinski definition) is 5. The van der Waals surface area contributed by atoms with E-state index in [-0.39, 0.29) is 23.6 Å². The molecule has 2 heterocycles. The number of ether oxygens (including phenoxy) is 1. The highest BCUT2D eigenvalue weighted by Gasteiger charge is 2.25. The van der Waals surface area contributed by atoms with Gasteiger partial charge in [-0.15, -0.1) is 0 Å². The van der Waals surface area contributed by atoms with Crippen molar-refractivity contribution < 1.29 is 9.53 Å². The first-order valence-corrected chi connectivity index (χ1v) is 10.3. The molecule has 0 saturated heterocycles. The minimum Gasteiger partial charge on any atom is -0.481 e. The SMILES string of the molecule is C=C/C=C\C(=C/C)CNC(=O)c1nc2n(c(=O)c1OCc1ccccc1)CCS2. The lowest BCUT2D eigenvalue weighted by molar-refractivity contribution is 0.0945. The molecule has 7 heteroatoms. The molecule has 1 aromatic heterocycles. The largest absolute Gasteiger partial charge is 0.481 e. The topological polar surface area (TPSA) is 73.2 Å². The molecule has 0 fully saturated rings. The van der Waals surface area contributed by atoms with Crippen LogP contribution in [0.3, 0.4) is 0 Å². The van der Waals surface area contributed by atoms with Crippen LogP contribution in [0.1, 0.15) is 23.0 Å². The van der Waals surface area contributed by atoms with E-state index in [0.29, 0.717) is 18.2 Å². The summed E-state index contributed by atoms with van der Waals surface area (Å²) < 4.78 is 7.35. The summed E-state index contributed by atoms with van der Waals surface area (Å²) in [5, 5.41) is 3.37. The molecular formula is C22H23N3O3S. The minimum atomic E-state index is -0.438. The third kappa shape index (κ3) is 5.06. The molecule has 0 unspecified atom stereocenters. The van der Waals surface area contributed by atoms with Gasteiger partial charge >= 0.3 is 0 Å². The van der Waals surface area contributed by atoms with Crippen LogP contribution in [0.15, 0.2) is 76.7 Å². The molecular weight excluding hydrogens is 386 g/mol. The molecule has 0 radical (unpaired) electrons. The predicted molar refractivity (Wildman–Crippen MR) is 115 cm³/mol. The number of nitrogens with one attached hydrogen (secondary N) is 1. The Bertz CT molecular complexity index is 1010. The number of carbonyl (C=O) groups is 1. The molecule has 0 saturated carbocycles. The predicted octanol–water partition coefficient (Wildman–Crippen LogP) is 3.35. The smallest absolute Gasteiger partial charge is 0.297 e. The van der Waals surface area contributed by atoms with Crippen LogP contribution in [0, 0.1) is 0 Å². The van der Waals surface area contributed by atoms with Gasteiger partial charge in [0.25, 0.3) is 11.5 Å². The van der Waals surface area contributed by atoms with Gasteiger partial charge in [0.2, 0.25) is 5.75 Å². The zero-order valence-corrected chi connectivity index (χ0v) is 17.1. The highest BCUT2D eigenvalue weighted by Crippen LogP contribution is 2.25. The van der Waals surface area contributed by atoms with Crippen molar-refractivity contribution in [3.63, 3.8) is 0 Å². The number of thioether (sulfide) groups is 1. The number of amides is 1. The Hall–Kier alpha value is -3.06. The second-order valence-electron chi connectivity index (χ2n) is 6.29. The average molecular weight is 410 g/mol. The van der Waals surface area contributed by atoms with Crippen molar-refractivity contribution in [3.05, 3.63) is 88.4 Å². The molecule has 0 atom stereocenters. The standard InChI is InChI=1S/C22H23N3O3S/c1-3-5-9-16(4-2)14-23-20(26)18-19(28-15-17-10-7-6-8-11-17)21(27)25-12-13-29-22(25)24-18/h3-11H,1,12-15H2,2H3,(H,23,26)/b9-5-,16-4+. The highest BCUT2D eigenvalue weighted by atomic mass is 32.2. The Morgan fingerprint density at radius 2 is 2.17 bits per heavy atom. The van der Waals surface area contributed by atoms with Gasteiger partial charge in [-0.25, -0.2) is 4.98 Å². The second-order valence-corrected chi connectivity index (χ2v) is 7.35. The van der Waals surface area contributed by atoms with Crippen molar-refractivity contribution in [1.29, 1.82) is 0 Å². The summed E-state index contributed by atoms with van der Waals surface area (Å²) in [4.78, 5) is 30.2. The van der Waals surface area contributed by atoms with Gasteiger partial charge in [-0.2, -0.15) is 0 Å². The Morgan fingerprint density at radius 3 is 2.90 bits per heavy atom. The second kappa shape index (κ2) is 9.93. The molecule has 1 amide bonds. The van der Waals surface area contributed by atoms with E-state index in [9.17, 15) is 9.59 Å². The normalized spacial score (nSPS) is 13.3. The third-order valence-corrected chi connectivity index (χ3v) is 5.31. The van der Waals surface area contributed by atoms with Crippen LogP contribution in [0.4, 0.5) is 0 Å². The van der Waals surface area contributed by atoms with Gasteiger partial charge in [0.15, 0.2) is 10.9 Å². The molecule has 1 aliphatic rings. The van der Waals surface area contributed by atoms with Crippen molar-refractivity contribution in [2.75, 3.05) is 12.3 Å². The van der Waals surface area contributed by atoms with E-state index >= 15 is 0 Å². The molecule has 1 N–H and O–H groups in total. The monoisotopic (exact) mass is 409 g/mol. The van der Waals surface area contributed by atoms with Crippen molar-refractivity contribution >= 4 is 17.7 Å². The summed E-state index contributed by atoms with van der Waals surface area (Å²) in [6, 6.07) is 9.50. The maximum Gasteiger partial charge on any atom is 0.297 e. The maximum absolute atomic E-state index is 12.9. The fourth-order valence-electron chi connectivity index (χ4n) is 2.78. The lowest BCUT2D eigenvalue weighted by Gasteiger charge is -2.13. The lowest BCUT2D eigenvalue weighted by atomic mass is 10.2. The first kappa shape index (κ1) is 20.7. The zero-order valence-electron chi connectivity index (χ0n) is 16.3. The van der Waals surface area contributed by atoms with Crippen LogP contribution in [0.5, 0.6) is 5.75 Å². The van der Waals surface area contributed by atoms with E-state index < -0.39 is 5.91 Å². The van der Waals surface area contributed by atoms with Gasteiger partial charge in [0.1, 0.15) is 6.61 Å². The van der Waals surface area contributed by atoms with Gasteiger partial charge in [0, 0.05) is 18.8 Å². The van der Waals surface area contributed by atoms with Crippen molar-refractivity contribution in [2.45, 2.75) is 25.2 Å². The number of rotatable bonds is 8. The first-order valence-electron chi connectivity index (χ1n) is 9.31. The van der Waals surface area contributed by atoms with Gasteiger partial charge in [-0.1, -0.05) is 73.0 Å². The van der Waals surface area contributed by atoms with Gasteiger partial charge in [0.05, 0.1) is 0 Å². The highest BCUT2D eigenvalue weighted by molar-refractivity contribution is 7.99. The molecule has 1 aromatic carbocycles. The molecule has 6 nitrogen and oxygen atoms in total. The minimum absolute atomic E-state index is 0.0127. The first-order chi connectivity index (χ1) is 14.1. The van der Waals surface area contributed by atoms with Crippen LogP contribution >= 0.6 is 11.8 Å². The van der Waals surface area contributed by atoms with Crippen LogP contribution in [-0.4, -0.2) is 27.8 Å². The van der Waals surface area contributed by atoms with E-state index in [4.69, 9.17) is 4.74 Å². The quantitative estimate of drug-likeness (QED) is 0.535. The third-order valence-electron chi connectivity index (χ3n) is 4.35. The average Bonchev–Trinajstić information content (AvgIpc) is 3.22. The molecule has 0 bridgehead atoms. The maximum atomic E-state index is 12.9. The fraction of sp³-hybridized carbons (Fsp3) is 0.227. The molecule has 3 rings (SSSR count). The van der Waals surface area contributed by atoms with Crippen molar-refractivity contribution in [3.8, 4) is 5.75 Å². The van der Waals surface area contributed by atoms with Crippen molar-refractivity contribution in [1.82, 2.24) is 14.9 Å². The van der Waals surface area contributed by atoms with Crippen LogP contribution in [-0.2, 0) is 13.2 Å². The van der Waals surface area contributed by atoms with Crippen LogP contribution in [0.25, 0.3) is 0 Å². The van der Waals surface area contributed by atoms with Crippen molar-refractivity contribution in [2.24, 2.45) is 0 Å². The van der Waals surface area contributed by atoms with E-state index in [1.165, 1.54) is 11.8 Å². The number of fused-ring (bicyclic) bond motifs is 1. The molecule has 29 heavy (non-hydrogen) atoms. The van der Waals surface area contributed by atoms with Crippen LogP contribution in [0.2, 0.25) is 0 Å². The molecule has 0 aliphatic carbocycles. The number of nitrogens with zero attached hydrogens (tertiary/aromatic N) is 2. The summed E-state index contributed by atoms with van der Waals surface area (Å²) in [7, 11) is 0. The molecule has 1 aliphatic heterocycles. The number of carbonyl (C=O) groups excluding carboxylic acids is 1. The Morgan fingerprint density at radius 1 is 1.38 bits per heavy atom. The van der Waals surface area contributed by atoms with Gasteiger partial charge in [-0.05, 0) is 18.1 Å². The summed E-state index contributed by atoms with van der Waals surface area (Å²) in [6.07, 6.45) is 7.22. The zero-order chi connectivity index (χ0) is 20.6. The van der Waals surface area contributed by atoms with E-state index in [0.717, 1.165) is 16.9 Å². The lowest BCUT2D eigenvalue weighted by Crippen LogP contribution is -2.31. The number of aromatic nitrogens is 2. The summed E-state index contributed by atoms with van der Waals surface area (Å²) >= 11 is 1.46. The van der Waals surface area contributed by atoms with E-state index in [2.05, 4.69) is 16.9 Å². The summed E-state index contributed by atoms with van der Waals surface area (Å²) in [5.41, 5.74) is 1.52. The Kier molecular flexibility index (Phi) is 7.08. The summed E-state index contributed by atoms with van der Waals surface area (Å²) in [5.74, 6) is 0.300. The molecule has 2 aromatic rings. The Balaban J connectivity index is 1.85. The van der Waals surface area contributed by atoms with Gasteiger partial charge < -0.3 is 10.1 Å².